The summed E-state index contributed by atoms with van der Waals surface area (Å²) < 4.78 is 1.50. The maximum atomic E-state index is 11.8. The lowest BCUT2D eigenvalue weighted by Crippen LogP contribution is -2.27. The summed E-state index contributed by atoms with van der Waals surface area (Å²) >= 11 is 0. The fourth-order valence-electron chi connectivity index (χ4n) is 2.12. The van der Waals surface area contributed by atoms with Crippen molar-refractivity contribution in [1.82, 2.24) is 15.1 Å². The number of nitrogens with two attached hydrogens (primary N) is 1. The third-order valence-corrected chi connectivity index (χ3v) is 3.05. The molecule has 0 spiro atoms. The number of rotatable bonds is 4. The highest BCUT2D eigenvalue weighted by atomic mass is 16.2. The van der Waals surface area contributed by atoms with Crippen molar-refractivity contribution in [3.63, 3.8) is 0 Å². The van der Waals surface area contributed by atoms with E-state index in [0.717, 1.165) is 6.42 Å². The second kappa shape index (κ2) is 5.03. The van der Waals surface area contributed by atoms with Crippen LogP contribution in [0, 0.1) is 0 Å². The Morgan fingerprint density at radius 3 is 3.06 bits per heavy atom. The molecule has 5 heteroatoms. The molecule has 3 N–H and O–H groups in total. The standard InChI is InChI=1S/C12H18N4O/c1-16-11(10(13)8-15-16)12(17)14-7-6-9-4-2-3-5-9/h4,8H,2-3,5-7,13H2,1H3,(H,14,17). The van der Waals surface area contributed by atoms with Crippen LogP contribution in [0.5, 0.6) is 0 Å². The second-order valence-corrected chi connectivity index (χ2v) is 4.33. The van der Waals surface area contributed by atoms with Crippen LogP contribution in [0.15, 0.2) is 17.8 Å². The van der Waals surface area contributed by atoms with Crippen molar-refractivity contribution in [2.45, 2.75) is 25.7 Å². The van der Waals surface area contributed by atoms with Crippen LogP contribution in [0.1, 0.15) is 36.2 Å². The van der Waals surface area contributed by atoms with Gasteiger partial charge in [0.2, 0.25) is 0 Å². The van der Waals surface area contributed by atoms with Gasteiger partial charge in [-0.15, -0.1) is 0 Å². The van der Waals surface area contributed by atoms with Gasteiger partial charge in [0.15, 0.2) is 0 Å². The predicted octanol–water partition coefficient (Wildman–Crippen LogP) is 1.23. The first-order valence-corrected chi connectivity index (χ1v) is 5.92. The monoisotopic (exact) mass is 234 g/mol. The maximum Gasteiger partial charge on any atom is 0.271 e. The molecule has 0 saturated heterocycles. The Labute approximate surface area is 101 Å². The van der Waals surface area contributed by atoms with Crippen molar-refractivity contribution < 1.29 is 4.79 Å². The van der Waals surface area contributed by atoms with E-state index >= 15 is 0 Å². The average molecular weight is 234 g/mol. The number of aryl methyl sites for hydroxylation is 1. The highest BCUT2D eigenvalue weighted by molar-refractivity contribution is 5.97. The normalized spacial score (nSPS) is 14.8. The van der Waals surface area contributed by atoms with Gasteiger partial charge in [0.05, 0.1) is 11.9 Å². The van der Waals surface area contributed by atoms with Crippen molar-refractivity contribution in [1.29, 1.82) is 0 Å². The van der Waals surface area contributed by atoms with Crippen molar-refractivity contribution in [2.75, 3.05) is 12.3 Å². The van der Waals surface area contributed by atoms with Crippen molar-refractivity contribution in [3.8, 4) is 0 Å². The van der Waals surface area contributed by atoms with E-state index in [2.05, 4.69) is 16.5 Å². The SMILES string of the molecule is Cn1ncc(N)c1C(=O)NCCC1=CCCC1. The molecule has 0 unspecified atom stereocenters. The quantitative estimate of drug-likeness (QED) is 0.770. The Kier molecular flexibility index (Phi) is 3.46. The zero-order valence-corrected chi connectivity index (χ0v) is 10.1. The molecule has 0 saturated carbocycles. The number of nitrogen functional groups attached to an aromatic ring is 1. The molecule has 0 radical (unpaired) electrons. The number of anilines is 1. The van der Waals surface area contributed by atoms with Crippen LogP contribution in [0.25, 0.3) is 0 Å². The molecule has 0 atom stereocenters. The maximum absolute atomic E-state index is 11.8. The molecule has 1 aromatic rings. The summed E-state index contributed by atoms with van der Waals surface area (Å²) in [6.07, 6.45) is 8.29. The molecular formula is C12H18N4O. The molecule has 5 nitrogen and oxygen atoms in total. The van der Waals surface area contributed by atoms with Crippen LogP contribution in [0.3, 0.4) is 0 Å². The van der Waals surface area contributed by atoms with Gasteiger partial charge >= 0.3 is 0 Å². The first-order chi connectivity index (χ1) is 8.18. The fourth-order valence-corrected chi connectivity index (χ4v) is 2.12. The van der Waals surface area contributed by atoms with Crippen molar-refractivity contribution in [2.24, 2.45) is 7.05 Å². The Morgan fingerprint density at radius 2 is 2.47 bits per heavy atom. The molecule has 1 aliphatic rings. The van der Waals surface area contributed by atoms with Gasteiger partial charge in [0.25, 0.3) is 5.91 Å². The summed E-state index contributed by atoms with van der Waals surface area (Å²) in [6, 6.07) is 0. The Balaban J connectivity index is 1.85. The van der Waals surface area contributed by atoms with Gasteiger partial charge < -0.3 is 11.1 Å². The molecule has 17 heavy (non-hydrogen) atoms. The lowest BCUT2D eigenvalue weighted by atomic mass is 10.1. The number of nitrogens with one attached hydrogen (secondary N) is 1. The molecule has 0 aliphatic heterocycles. The number of hydrogen-bond acceptors (Lipinski definition) is 3. The zero-order valence-electron chi connectivity index (χ0n) is 10.1. The molecule has 2 rings (SSSR count). The summed E-state index contributed by atoms with van der Waals surface area (Å²) in [4.78, 5) is 11.8. The largest absolute Gasteiger partial charge is 0.396 e. The van der Waals surface area contributed by atoms with Crippen LogP contribution in [0.4, 0.5) is 5.69 Å². The van der Waals surface area contributed by atoms with Crippen molar-refractivity contribution >= 4 is 11.6 Å². The highest BCUT2D eigenvalue weighted by Crippen LogP contribution is 2.19. The third-order valence-electron chi connectivity index (χ3n) is 3.05. The number of aromatic nitrogens is 2. The molecular weight excluding hydrogens is 216 g/mol. The molecule has 92 valence electrons. The third kappa shape index (κ3) is 2.67. The van der Waals surface area contributed by atoms with Gasteiger partial charge in [-0.25, -0.2) is 0 Å². The van der Waals surface area contributed by atoms with E-state index in [9.17, 15) is 4.79 Å². The van der Waals surface area contributed by atoms with E-state index in [1.807, 2.05) is 0 Å². The van der Waals surface area contributed by atoms with Crippen LogP contribution in [0.2, 0.25) is 0 Å². The van der Waals surface area contributed by atoms with Crippen LogP contribution >= 0.6 is 0 Å². The van der Waals surface area contributed by atoms with Gasteiger partial charge in [-0.05, 0) is 25.7 Å². The number of carbonyl (C=O) groups excluding carboxylic acids is 1. The summed E-state index contributed by atoms with van der Waals surface area (Å²) in [6.45, 7) is 0.662. The first kappa shape index (κ1) is 11.7. The van der Waals surface area contributed by atoms with Gasteiger partial charge in [-0.3, -0.25) is 9.48 Å². The molecule has 1 amide bonds. The Bertz CT molecular complexity index is 428. The summed E-state index contributed by atoms with van der Waals surface area (Å²) in [7, 11) is 1.71. The van der Waals surface area contributed by atoms with Crippen LogP contribution in [-0.4, -0.2) is 22.2 Å². The summed E-state index contributed by atoms with van der Waals surface area (Å²) in [5.41, 5.74) is 7.99. The van der Waals surface area contributed by atoms with Crippen LogP contribution < -0.4 is 11.1 Å². The van der Waals surface area contributed by atoms with E-state index in [0.29, 0.717) is 17.9 Å². The number of nitrogens with zero attached hydrogens (tertiary/aromatic N) is 2. The van der Waals surface area contributed by atoms with Gasteiger partial charge in [-0.1, -0.05) is 11.6 Å². The molecule has 1 aliphatic carbocycles. The van der Waals surface area contributed by atoms with E-state index in [-0.39, 0.29) is 5.91 Å². The van der Waals surface area contributed by atoms with Gasteiger partial charge in [0.1, 0.15) is 5.69 Å². The number of allylic oxidation sites excluding steroid dienone is 1. The number of carbonyl (C=O) groups is 1. The van der Waals surface area contributed by atoms with Crippen molar-refractivity contribution in [3.05, 3.63) is 23.5 Å². The molecule has 0 aromatic carbocycles. The minimum Gasteiger partial charge on any atom is -0.396 e. The molecule has 0 bridgehead atoms. The van der Waals surface area contributed by atoms with Gasteiger partial charge in [-0.2, -0.15) is 5.10 Å². The number of hydrogen-bond donors (Lipinski definition) is 2. The predicted molar refractivity (Wildman–Crippen MR) is 66.5 cm³/mol. The van der Waals surface area contributed by atoms with E-state index < -0.39 is 0 Å². The second-order valence-electron chi connectivity index (χ2n) is 4.33. The van der Waals surface area contributed by atoms with Crippen LogP contribution in [-0.2, 0) is 7.05 Å². The minimum absolute atomic E-state index is 0.152. The summed E-state index contributed by atoms with van der Waals surface area (Å²) in [5, 5.41) is 6.82. The Morgan fingerprint density at radius 1 is 1.65 bits per heavy atom. The summed E-state index contributed by atoms with van der Waals surface area (Å²) in [5.74, 6) is -0.152. The molecule has 0 fully saturated rings. The minimum atomic E-state index is -0.152. The Hall–Kier alpha value is -1.78. The average Bonchev–Trinajstić information content (AvgIpc) is 2.89. The van der Waals surface area contributed by atoms with E-state index in [1.54, 1.807) is 7.05 Å². The van der Waals surface area contributed by atoms with Gasteiger partial charge in [0, 0.05) is 13.6 Å². The molecule has 1 heterocycles. The van der Waals surface area contributed by atoms with E-state index in [1.165, 1.54) is 35.7 Å². The van der Waals surface area contributed by atoms with E-state index in [4.69, 9.17) is 5.73 Å². The number of amides is 1. The smallest absolute Gasteiger partial charge is 0.271 e. The highest BCUT2D eigenvalue weighted by Gasteiger charge is 2.14. The lowest BCUT2D eigenvalue weighted by molar-refractivity contribution is 0.0945. The molecule has 1 aromatic heterocycles. The lowest BCUT2D eigenvalue weighted by Gasteiger charge is -2.06. The topological polar surface area (TPSA) is 72.9 Å². The zero-order chi connectivity index (χ0) is 12.3. The first-order valence-electron chi connectivity index (χ1n) is 5.92. The fraction of sp³-hybridized carbons (Fsp3) is 0.500.